The highest BCUT2D eigenvalue weighted by Gasteiger charge is 2.23. The number of aromatic nitrogens is 1. The Morgan fingerprint density at radius 3 is 2.72 bits per heavy atom. The highest BCUT2D eigenvalue weighted by atomic mass is 32.2. The van der Waals surface area contributed by atoms with E-state index in [2.05, 4.69) is 4.98 Å². The third-order valence-corrected chi connectivity index (χ3v) is 4.26. The van der Waals surface area contributed by atoms with Gasteiger partial charge in [0, 0.05) is 26.0 Å². The van der Waals surface area contributed by atoms with Crippen molar-refractivity contribution in [3.05, 3.63) is 18.5 Å². The van der Waals surface area contributed by atoms with Crippen LogP contribution in [0.2, 0.25) is 0 Å². The maximum absolute atomic E-state index is 12.2. The van der Waals surface area contributed by atoms with E-state index in [0.29, 0.717) is 6.61 Å². The number of likely N-dealkylation sites (N-methyl/N-ethyl adjacent to an activating group) is 1. The minimum atomic E-state index is -3.60. The molecule has 1 aromatic rings. The van der Waals surface area contributed by atoms with E-state index in [9.17, 15) is 8.42 Å². The Kier molecular flexibility index (Phi) is 5.06. The summed E-state index contributed by atoms with van der Waals surface area (Å²) in [5.41, 5.74) is 5.84. The summed E-state index contributed by atoms with van der Waals surface area (Å²) in [5, 5.41) is 0. The molecule has 0 atom stereocenters. The fraction of sp³-hybridized carbons (Fsp3) is 0.545. The first-order valence-corrected chi connectivity index (χ1v) is 7.07. The number of hydrogen-bond acceptors (Lipinski definition) is 5. The zero-order valence-corrected chi connectivity index (χ0v) is 11.6. The predicted molar refractivity (Wildman–Crippen MR) is 69.6 cm³/mol. The van der Waals surface area contributed by atoms with Crippen LogP contribution >= 0.6 is 0 Å². The van der Waals surface area contributed by atoms with Crippen LogP contribution in [0.15, 0.2) is 23.4 Å². The Morgan fingerprint density at radius 1 is 1.50 bits per heavy atom. The molecule has 0 fully saturated rings. The summed E-state index contributed by atoms with van der Waals surface area (Å²) >= 11 is 0. The molecule has 0 bridgehead atoms. The summed E-state index contributed by atoms with van der Waals surface area (Å²) in [5.74, 6) is 0. The molecule has 6 nitrogen and oxygen atoms in total. The maximum Gasteiger partial charge on any atom is 0.246 e. The van der Waals surface area contributed by atoms with E-state index in [-0.39, 0.29) is 23.2 Å². The Hall–Kier alpha value is -1.18. The second-order valence-corrected chi connectivity index (χ2v) is 6.17. The molecule has 0 aliphatic heterocycles. The van der Waals surface area contributed by atoms with Gasteiger partial charge >= 0.3 is 0 Å². The normalized spacial score (nSPS) is 12.3. The lowest BCUT2D eigenvalue weighted by Crippen LogP contribution is -2.31. The average molecular weight is 273 g/mol. The molecule has 1 rings (SSSR count). The minimum Gasteiger partial charge on any atom is -0.398 e. The fourth-order valence-corrected chi connectivity index (χ4v) is 2.52. The molecule has 2 N–H and O–H groups in total. The van der Waals surface area contributed by atoms with E-state index in [4.69, 9.17) is 10.5 Å². The van der Waals surface area contributed by atoms with Crippen LogP contribution in [0.3, 0.4) is 0 Å². The molecular formula is C11H19N3O3S. The third kappa shape index (κ3) is 3.66. The SMILES string of the molecule is CC(C)OCCN(C)S(=O)(=O)c1cnccc1N. The highest BCUT2D eigenvalue weighted by Crippen LogP contribution is 2.19. The van der Waals surface area contributed by atoms with E-state index in [1.54, 1.807) is 0 Å². The number of sulfonamides is 1. The molecule has 0 saturated carbocycles. The maximum atomic E-state index is 12.2. The quantitative estimate of drug-likeness (QED) is 0.825. The van der Waals surface area contributed by atoms with Crippen LogP contribution in [0.5, 0.6) is 0 Å². The van der Waals surface area contributed by atoms with Gasteiger partial charge in [-0.25, -0.2) is 8.42 Å². The van der Waals surface area contributed by atoms with Crippen molar-refractivity contribution in [1.29, 1.82) is 0 Å². The number of ether oxygens (including phenoxy) is 1. The molecule has 0 unspecified atom stereocenters. The van der Waals surface area contributed by atoms with Gasteiger partial charge < -0.3 is 10.5 Å². The Morgan fingerprint density at radius 2 is 2.17 bits per heavy atom. The molecule has 0 radical (unpaired) electrons. The van der Waals surface area contributed by atoms with E-state index in [0.717, 1.165) is 0 Å². The molecule has 18 heavy (non-hydrogen) atoms. The van der Waals surface area contributed by atoms with Crippen LogP contribution in [0.25, 0.3) is 0 Å². The standard InChI is InChI=1S/C11H19N3O3S/c1-9(2)17-7-6-14(3)18(15,16)11-8-13-5-4-10(11)12/h4-5,8-9H,6-7H2,1-3H3,(H2,12,13). The molecular weight excluding hydrogens is 254 g/mol. The fourth-order valence-electron chi connectivity index (χ4n) is 1.31. The van der Waals surface area contributed by atoms with Crippen molar-refractivity contribution in [3.63, 3.8) is 0 Å². The van der Waals surface area contributed by atoms with E-state index >= 15 is 0 Å². The summed E-state index contributed by atoms with van der Waals surface area (Å²) in [4.78, 5) is 3.81. The third-order valence-electron chi connectivity index (χ3n) is 2.36. The highest BCUT2D eigenvalue weighted by molar-refractivity contribution is 7.89. The average Bonchev–Trinajstić information content (AvgIpc) is 2.28. The summed E-state index contributed by atoms with van der Waals surface area (Å²) in [6.45, 7) is 4.41. The summed E-state index contributed by atoms with van der Waals surface area (Å²) in [6.07, 6.45) is 2.78. The van der Waals surface area contributed by atoms with Gasteiger partial charge in [-0.05, 0) is 19.9 Å². The van der Waals surface area contributed by atoms with Gasteiger partial charge in [0.1, 0.15) is 4.90 Å². The van der Waals surface area contributed by atoms with Crippen molar-refractivity contribution in [1.82, 2.24) is 9.29 Å². The summed E-state index contributed by atoms with van der Waals surface area (Å²) < 4.78 is 30.9. The predicted octanol–water partition coefficient (Wildman–Crippen LogP) is 0.709. The number of nitrogens with two attached hydrogens (primary N) is 1. The molecule has 0 aliphatic carbocycles. The monoisotopic (exact) mass is 273 g/mol. The lowest BCUT2D eigenvalue weighted by molar-refractivity contribution is 0.0737. The van der Waals surface area contributed by atoms with E-state index < -0.39 is 10.0 Å². The molecule has 102 valence electrons. The lowest BCUT2D eigenvalue weighted by Gasteiger charge is -2.18. The lowest BCUT2D eigenvalue weighted by atomic mass is 10.4. The van der Waals surface area contributed by atoms with Gasteiger partial charge in [0.2, 0.25) is 10.0 Å². The van der Waals surface area contributed by atoms with Gasteiger partial charge in [-0.1, -0.05) is 0 Å². The van der Waals surface area contributed by atoms with Gasteiger partial charge in [0.15, 0.2) is 0 Å². The van der Waals surface area contributed by atoms with Gasteiger partial charge in [-0.15, -0.1) is 0 Å². The topological polar surface area (TPSA) is 85.5 Å². The summed E-state index contributed by atoms with van der Waals surface area (Å²) in [6, 6.07) is 1.46. The smallest absolute Gasteiger partial charge is 0.246 e. The zero-order valence-electron chi connectivity index (χ0n) is 10.8. The Balaban J connectivity index is 2.78. The number of hydrogen-bond donors (Lipinski definition) is 1. The van der Waals surface area contributed by atoms with Gasteiger partial charge in [-0.3, -0.25) is 4.98 Å². The molecule has 7 heteroatoms. The van der Waals surface area contributed by atoms with Gasteiger partial charge in [0.25, 0.3) is 0 Å². The van der Waals surface area contributed by atoms with Crippen LogP contribution in [-0.2, 0) is 14.8 Å². The number of nitrogen functional groups attached to an aromatic ring is 1. The van der Waals surface area contributed by atoms with Gasteiger partial charge in [0.05, 0.1) is 18.4 Å². The van der Waals surface area contributed by atoms with Crippen molar-refractivity contribution in [2.45, 2.75) is 24.8 Å². The van der Waals surface area contributed by atoms with E-state index in [1.165, 1.54) is 29.8 Å². The summed E-state index contributed by atoms with van der Waals surface area (Å²) in [7, 11) is -2.11. The molecule has 0 saturated heterocycles. The number of rotatable bonds is 6. The van der Waals surface area contributed by atoms with Crippen LogP contribution in [-0.4, -0.2) is 44.0 Å². The van der Waals surface area contributed by atoms with Crippen molar-refractivity contribution in [2.75, 3.05) is 25.9 Å². The molecule has 0 aromatic carbocycles. The minimum absolute atomic E-state index is 0.0250. The first-order valence-electron chi connectivity index (χ1n) is 5.63. The van der Waals surface area contributed by atoms with Crippen LogP contribution < -0.4 is 5.73 Å². The van der Waals surface area contributed by atoms with Crippen LogP contribution in [0.1, 0.15) is 13.8 Å². The molecule has 1 aromatic heterocycles. The van der Waals surface area contributed by atoms with Crippen LogP contribution in [0, 0.1) is 0 Å². The molecule has 0 amide bonds. The number of nitrogens with zero attached hydrogens (tertiary/aromatic N) is 2. The first-order chi connectivity index (χ1) is 8.35. The van der Waals surface area contributed by atoms with Crippen molar-refractivity contribution < 1.29 is 13.2 Å². The number of pyridine rings is 1. The molecule has 0 spiro atoms. The Bertz CT molecular complexity index is 488. The zero-order chi connectivity index (χ0) is 13.8. The van der Waals surface area contributed by atoms with E-state index in [1.807, 2.05) is 13.8 Å². The second-order valence-electron chi connectivity index (χ2n) is 4.16. The Labute approximate surface area is 108 Å². The molecule has 0 aliphatic rings. The van der Waals surface area contributed by atoms with Crippen molar-refractivity contribution in [3.8, 4) is 0 Å². The second kappa shape index (κ2) is 6.12. The van der Waals surface area contributed by atoms with Crippen LogP contribution in [0.4, 0.5) is 5.69 Å². The van der Waals surface area contributed by atoms with Crippen molar-refractivity contribution in [2.24, 2.45) is 0 Å². The number of anilines is 1. The molecule has 1 heterocycles. The van der Waals surface area contributed by atoms with Crippen molar-refractivity contribution >= 4 is 15.7 Å². The largest absolute Gasteiger partial charge is 0.398 e. The first kappa shape index (κ1) is 14.9. The van der Waals surface area contributed by atoms with Gasteiger partial charge in [-0.2, -0.15) is 4.31 Å².